The van der Waals surface area contributed by atoms with Crippen LogP contribution in [0.4, 0.5) is 0 Å². The Kier molecular flexibility index (Phi) is 5.77. The molecule has 136 valence electrons. The molecule has 0 radical (unpaired) electrons. The number of nitrogens with zero attached hydrogens (tertiary/aromatic N) is 2. The van der Waals surface area contributed by atoms with Gasteiger partial charge in [0.2, 0.25) is 5.62 Å². The lowest BCUT2D eigenvalue weighted by molar-refractivity contribution is -0.120. The van der Waals surface area contributed by atoms with Gasteiger partial charge in [0.1, 0.15) is 0 Å². The van der Waals surface area contributed by atoms with Crippen LogP contribution >= 0.6 is 15.9 Å². The minimum Gasteiger partial charge on any atom is -0.310 e. The fourth-order valence-corrected chi connectivity index (χ4v) is 3.72. The SMILES string of the molecule is CCCn1c(=N)n(CC(=O)C2C=CC=C(Br)C=C2)c2cccc(CC)c21. The van der Waals surface area contributed by atoms with Crippen LogP contribution in [0.3, 0.4) is 0 Å². The molecule has 1 aliphatic rings. The van der Waals surface area contributed by atoms with Crippen molar-refractivity contribution in [2.75, 3.05) is 0 Å². The molecule has 26 heavy (non-hydrogen) atoms. The lowest BCUT2D eigenvalue weighted by Crippen LogP contribution is -2.29. The van der Waals surface area contributed by atoms with E-state index in [4.69, 9.17) is 5.41 Å². The van der Waals surface area contributed by atoms with Crippen LogP contribution in [0, 0.1) is 11.3 Å². The van der Waals surface area contributed by atoms with Crippen LogP contribution < -0.4 is 5.62 Å². The highest BCUT2D eigenvalue weighted by atomic mass is 79.9. The highest BCUT2D eigenvalue weighted by molar-refractivity contribution is 9.11. The second kappa shape index (κ2) is 8.04. The average molecular weight is 414 g/mol. The summed E-state index contributed by atoms with van der Waals surface area (Å²) in [5.74, 6) is -0.184. The number of para-hydroxylation sites is 1. The molecule has 4 nitrogen and oxygen atoms in total. The Hall–Kier alpha value is -2.14. The molecular formula is C21H24BrN3O. The highest BCUT2D eigenvalue weighted by Gasteiger charge is 2.19. The van der Waals surface area contributed by atoms with Gasteiger partial charge in [0.05, 0.1) is 23.5 Å². The molecule has 1 atom stereocenters. The number of hydrogen-bond donors (Lipinski definition) is 1. The topological polar surface area (TPSA) is 50.8 Å². The summed E-state index contributed by atoms with van der Waals surface area (Å²) in [6.45, 7) is 5.23. The van der Waals surface area contributed by atoms with Crippen molar-refractivity contribution in [1.82, 2.24) is 9.13 Å². The first kappa shape index (κ1) is 18.6. The number of aromatic nitrogens is 2. The third kappa shape index (κ3) is 3.54. The van der Waals surface area contributed by atoms with Gasteiger partial charge < -0.3 is 9.13 Å². The monoisotopic (exact) mass is 413 g/mol. The predicted octanol–water partition coefficient (Wildman–Crippen LogP) is 4.48. The molecule has 0 fully saturated rings. The number of carbonyl (C=O) groups is 1. The number of ketones is 1. The summed E-state index contributed by atoms with van der Waals surface area (Å²) < 4.78 is 4.84. The maximum Gasteiger partial charge on any atom is 0.203 e. The summed E-state index contributed by atoms with van der Waals surface area (Å²) in [5, 5.41) is 8.65. The molecule has 1 aromatic heterocycles. The number of carbonyl (C=O) groups excluding carboxylic acids is 1. The Morgan fingerprint density at radius 3 is 2.77 bits per heavy atom. The average Bonchev–Trinajstić information content (AvgIpc) is 2.79. The maximum absolute atomic E-state index is 12.9. The molecule has 2 aromatic rings. The van der Waals surface area contributed by atoms with E-state index < -0.39 is 0 Å². The van der Waals surface area contributed by atoms with E-state index in [1.807, 2.05) is 51.6 Å². The Balaban J connectivity index is 2.03. The number of nitrogens with one attached hydrogen (secondary N) is 1. The molecule has 1 N–H and O–H groups in total. The quantitative estimate of drug-likeness (QED) is 0.744. The number of imidazole rings is 1. The number of hydrogen-bond acceptors (Lipinski definition) is 2. The number of rotatable bonds is 6. The Bertz CT molecular complexity index is 975. The first-order valence-electron chi connectivity index (χ1n) is 9.07. The molecule has 5 heteroatoms. The molecule has 1 aliphatic carbocycles. The molecule has 0 saturated carbocycles. The molecule has 0 spiro atoms. The third-order valence-corrected chi connectivity index (χ3v) is 5.25. The minimum atomic E-state index is -0.271. The molecule has 0 bridgehead atoms. The van der Waals surface area contributed by atoms with Gasteiger partial charge in [-0.25, -0.2) is 0 Å². The van der Waals surface area contributed by atoms with Crippen molar-refractivity contribution in [2.45, 2.75) is 39.8 Å². The van der Waals surface area contributed by atoms with E-state index in [1.165, 1.54) is 5.56 Å². The number of allylic oxidation sites excluding steroid dienone is 6. The van der Waals surface area contributed by atoms with Gasteiger partial charge in [0.25, 0.3) is 0 Å². The second-order valence-electron chi connectivity index (χ2n) is 6.49. The van der Waals surface area contributed by atoms with Crippen LogP contribution in [0.1, 0.15) is 25.8 Å². The molecular weight excluding hydrogens is 390 g/mol. The van der Waals surface area contributed by atoms with E-state index >= 15 is 0 Å². The number of Topliss-reactive ketones (excluding diaryl/α,β-unsaturated/α-hetero) is 1. The zero-order valence-electron chi connectivity index (χ0n) is 15.2. The van der Waals surface area contributed by atoms with Crippen LogP contribution in [-0.2, 0) is 24.3 Å². The Morgan fingerprint density at radius 2 is 2.04 bits per heavy atom. The van der Waals surface area contributed by atoms with Gasteiger partial charge in [-0.3, -0.25) is 10.2 Å². The van der Waals surface area contributed by atoms with Gasteiger partial charge in [-0.05, 0) is 30.5 Å². The standard InChI is InChI=1S/C21H24BrN3O/c1-3-13-24-20-15(4-2)7-6-10-18(20)25(21(24)23)14-19(26)16-8-5-9-17(22)12-11-16/h5-12,16,23H,3-4,13-14H2,1-2H3. The smallest absolute Gasteiger partial charge is 0.203 e. The first-order valence-corrected chi connectivity index (χ1v) is 9.86. The van der Waals surface area contributed by atoms with Gasteiger partial charge in [-0.2, -0.15) is 0 Å². The van der Waals surface area contributed by atoms with E-state index in [9.17, 15) is 4.79 Å². The number of benzene rings is 1. The molecule has 0 amide bonds. The van der Waals surface area contributed by atoms with Crippen LogP contribution in [0.5, 0.6) is 0 Å². The van der Waals surface area contributed by atoms with Gasteiger partial charge in [0.15, 0.2) is 5.78 Å². The molecule has 0 aliphatic heterocycles. The normalized spacial score (nSPS) is 16.7. The fraction of sp³-hybridized carbons (Fsp3) is 0.333. The summed E-state index contributed by atoms with van der Waals surface area (Å²) in [6, 6.07) is 6.15. The van der Waals surface area contributed by atoms with Crippen molar-refractivity contribution in [3.05, 3.63) is 64.2 Å². The molecule has 3 rings (SSSR count). The van der Waals surface area contributed by atoms with Crippen LogP contribution in [-0.4, -0.2) is 14.9 Å². The number of aryl methyl sites for hydroxylation is 2. The lowest BCUT2D eigenvalue weighted by atomic mass is 10.0. The van der Waals surface area contributed by atoms with Gasteiger partial charge in [0, 0.05) is 11.0 Å². The Labute approximate surface area is 162 Å². The minimum absolute atomic E-state index is 0.0871. The summed E-state index contributed by atoms with van der Waals surface area (Å²) in [4.78, 5) is 12.9. The molecule has 1 heterocycles. The van der Waals surface area contributed by atoms with E-state index in [0.29, 0.717) is 5.62 Å². The first-order chi connectivity index (χ1) is 12.6. The van der Waals surface area contributed by atoms with Gasteiger partial charge in [-0.15, -0.1) is 0 Å². The van der Waals surface area contributed by atoms with Gasteiger partial charge >= 0.3 is 0 Å². The van der Waals surface area contributed by atoms with Crippen LogP contribution in [0.25, 0.3) is 11.0 Å². The summed E-state index contributed by atoms with van der Waals surface area (Å²) in [6.07, 6.45) is 11.4. The molecule has 1 aromatic carbocycles. The van der Waals surface area contributed by atoms with E-state index in [-0.39, 0.29) is 18.2 Å². The second-order valence-corrected chi connectivity index (χ2v) is 7.40. The predicted molar refractivity (Wildman–Crippen MR) is 109 cm³/mol. The van der Waals surface area contributed by atoms with Crippen LogP contribution in [0.15, 0.2) is 53.1 Å². The van der Waals surface area contributed by atoms with Crippen molar-refractivity contribution < 1.29 is 4.79 Å². The highest BCUT2D eigenvalue weighted by Crippen LogP contribution is 2.21. The van der Waals surface area contributed by atoms with Crippen molar-refractivity contribution in [1.29, 1.82) is 5.41 Å². The van der Waals surface area contributed by atoms with Crippen LogP contribution in [0.2, 0.25) is 0 Å². The fourth-order valence-electron chi connectivity index (χ4n) is 3.42. The number of halogens is 1. The summed E-state index contributed by atoms with van der Waals surface area (Å²) in [5.41, 5.74) is 3.68. The lowest BCUT2D eigenvalue weighted by Gasteiger charge is -2.08. The maximum atomic E-state index is 12.9. The Morgan fingerprint density at radius 1 is 1.23 bits per heavy atom. The van der Waals surface area contributed by atoms with E-state index in [0.717, 1.165) is 34.9 Å². The van der Waals surface area contributed by atoms with E-state index in [1.54, 1.807) is 0 Å². The van der Waals surface area contributed by atoms with Crippen molar-refractivity contribution in [2.24, 2.45) is 5.92 Å². The molecule has 1 unspecified atom stereocenters. The number of fused-ring (bicyclic) bond motifs is 1. The van der Waals surface area contributed by atoms with Gasteiger partial charge in [-0.1, -0.05) is 66.2 Å². The summed E-state index contributed by atoms with van der Waals surface area (Å²) >= 11 is 3.44. The van der Waals surface area contributed by atoms with Crippen molar-refractivity contribution in [3.63, 3.8) is 0 Å². The van der Waals surface area contributed by atoms with Crippen molar-refractivity contribution in [3.8, 4) is 0 Å². The van der Waals surface area contributed by atoms with Crippen molar-refractivity contribution >= 4 is 32.7 Å². The summed E-state index contributed by atoms with van der Waals surface area (Å²) in [7, 11) is 0. The van der Waals surface area contributed by atoms with E-state index in [2.05, 4.69) is 35.8 Å². The third-order valence-electron chi connectivity index (χ3n) is 4.72. The zero-order valence-corrected chi connectivity index (χ0v) is 16.8. The molecule has 0 saturated heterocycles. The largest absolute Gasteiger partial charge is 0.310 e. The zero-order chi connectivity index (χ0) is 18.7.